The number of hydrogen-bond donors (Lipinski definition) is 1. The number of aliphatic hydroxyl groups excluding tert-OH is 1. The van der Waals surface area contributed by atoms with Crippen LogP contribution in [0, 0.1) is 25.7 Å². The van der Waals surface area contributed by atoms with Crippen molar-refractivity contribution < 1.29 is 19.5 Å². The molecular weight excluding hydrogens is 534 g/mol. The molecule has 3 heterocycles. The summed E-state index contributed by atoms with van der Waals surface area (Å²) < 4.78 is -1.07. The summed E-state index contributed by atoms with van der Waals surface area (Å²) in [5, 5.41) is 9.34. The van der Waals surface area contributed by atoms with Gasteiger partial charge in [-0.15, -0.1) is 24.9 Å². The first kappa shape index (κ1) is 31.4. The summed E-state index contributed by atoms with van der Waals surface area (Å²) in [6.45, 7) is 17.9. The number of likely N-dealkylation sites (tertiary alicyclic amines) is 1. The van der Waals surface area contributed by atoms with Crippen molar-refractivity contribution in [3.05, 3.63) is 54.6 Å². The number of amides is 3. The van der Waals surface area contributed by atoms with Crippen LogP contribution in [-0.2, 0) is 14.4 Å². The summed E-state index contributed by atoms with van der Waals surface area (Å²) in [4.78, 5) is 49.0. The number of anilines is 1. The van der Waals surface area contributed by atoms with Gasteiger partial charge in [-0.3, -0.25) is 14.4 Å². The van der Waals surface area contributed by atoms with Gasteiger partial charge in [-0.25, -0.2) is 0 Å². The molecule has 3 aliphatic rings. The maximum Gasteiger partial charge on any atom is 0.251 e. The standard InChI is InChI=1S/C33H47N3O4S/c1-7-18-34(19-8-2)29(38)25-26-30(39)36(21-11-10-12-22-37)28(33(26)17-16-32(25,6)41-33)31(40)35(20-9-3)27-23(4)14-13-15-24(27)5/h7,9,13-15,25-26,28,37H,1,3,8,10-12,16-22H2,2,4-6H3/t25-,26-,28?,32+,33?/m0/s1. The number of thioether (sulfide) groups is 1. The number of nitrogens with zero attached hydrogens (tertiary/aromatic N) is 3. The molecule has 0 aliphatic carbocycles. The topological polar surface area (TPSA) is 81.2 Å². The number of fused-ring (bicyclic) bond motifs is 1. The van der Waals surface area contributed by atoms with Crippen molar-refractivity contribution in [1.29, 1.82) is 0 Å². The minimum atomic E-state index is -0.670. The average molecular weight is 582 g/mol. The summed E-state index contributed by atoms with van der Waals surface area (Å²) in [6.07, 6.45) is 7.95. The smallest absolute Gasteiger partial charge is 0.251 e. The van der Waals surface area contributed by atoms with E-state index in [0.29, 0.717) is 39.0 Å². The summed E-state index contributed by atoms with van der Waals surface area (Å²) in [7, 11) is 0. The number of para-hydroxylation sites is 1. The van der Waals surface area contributed by atoms with Gasteiger partial charge in [0.2, 0.25) is 11.8 Å². The molecule has 2 bridgehead atoms. The van der Waals surface area contributed by atoms with Crippen LogP contribution < -0.4 is 4.90 Å². The van der Waals surface area contributed by atoms with Gasteiger partial charge in [0.1, 0.15) is 6.04 Å². The van der Waals surface area contributed by atoms with Crippen molar-refractivity contribution in [2.24, 2.45) is 11.8 Å². The van der Waals surface area contributed by atoms with Crippen molar-refractivity contribution in [1.82, 2.24) is 9.80 Å². The van der Waals surface area contributed by atoms with Gasteiger partial charge in [-0.1, -0.05) is 37.3 Å². The number of carbonyl (C=O) groups excluding carboxylic acids is 3. The first-order valence-corrected chi connectivity index (χ1v) is 15.9. The van der Waals surface area contributed by atoms with Gasteiger partial charge in [-0.05, 0) is 70.4 Å². The summed E-state index contributed by atoms with van der Waals surface area (Å²) >= 11 is 1.72. The van der Waals surface area contributed by atoms with E-state index in [0.717, 1.165) is 42.5 Å². The normalized spacial score (nSPS) is 28.1. The molecular formula is C33H47N3O4S. The van der Waals surface area contributed by atoms with Gasteiger partial charge < -0.3 is 19.8 Å². The molecule has 3 saturated heterocycles. The molecule has 41 heavy (non-hydrogen) atoms. The van der Waals surface area contributed by atoms with Crippen LogP contribution in [0.5, 0.6) is 0 Å². The highest BCUT2D eigenvalue weighted by Crippen LogP contribution is 2.71. The second-order valence-corrected chi connectivity index (χ2v) is 14.0. The SMILES string of the molecule is C=CCN(CCC)C(=O)[C@@H]1[C@H]2C(=O)N(CCCCCO)C(C(=O)N(CC=C)c3c(C)cccc3C)C23CC[C@@]1(C)S3. The Hall–Kier alpha value is -2.58. The third-order valence-corrected chi connectivity index (χ3v) is 11.3. The molecule has 2 unspecified atom stereocenters. The molecule has 3 amide bonds. The van der Waals surface area contributed by atoms with Crippen molar-refractivity contribution in [2.75, 3.05) is 37.7 Å². The van der Waals surface area contributed by atoms with Crippen molar-refractivity contribution in [3.8, 4) is 0 Å². The lowest BCUT2D eigenvalue weighted by molar-refractivity contribution is -0.145. The van der Waals surface area contributed by atoms with Crippen LogP contribution >= 0.6 is 11.8 Å². The molecule has 5 atom stereocenters. The number of aryl methyl sites for hydroxylation is 2. The zero-order valence-corrected chi connectivity index (χ0v) is 26.0. The lowest BCUT2D eigenvalue weighted by atomic mass is 9.66. The predicted octanol–water partition coefficient (Wildman–Crippen LogP) is 4.89. The second-order valence-electron chi connectivity index (χ2n) is 12.1. The van der Waals surface area contributed by atoms with E-state index in [1.807, 2.05) is 43.9 Å². The Bertz CT molecular complexity index is 1170. The molecule has 0 radical (unpaired) electrons. The molecule has 7 nitrogen and oxygen atoms in total. The Labute approximate surface area is 250 Å². The highest BCUT2D eigenvalue weighted by Gasteiger charge is 2.77. The van der Waals surface area contributed by atoms with Gasteiger partial charge >= 0.3 is 0 Å². The lowest BCUT2D eigenvalue weighted by Gasteiger charge is -2.38. The second kappa shape index (κ2) is 12.7. The molecule has 1 aromatic rings. The summed E-state index contributed by atoms with van der Waals surface area (Å²) in [5.74, 6) is -1.18. The zero-order chi connectivity index (χ0) is 29.9. The third kappa shape index (κ3) is 5.38. The fraction of sp³-hybridized carbons (Fsp3) is 0.606. The molecule has 4 rings (SSSR count). The van der Waals surface area contributed by atoms with Crippen LogP contribution in [0.2, 0.25) is 0 Å². The van der Waals surface area contributed by atoms with Crippen LogP contribution in [0.15, 0.2) is 43.5 Å². The number of rotatable bonds is 14. The van der Waals surface area contributed by atoms with E-state index in [9.17, 15) is 19.5 Å². The largest absolute Gasteiger partial charge is 0.396 e. The minimum absolute atomic E-state index is 0.00713. The van der Waals surface area contributed by atoms with Crippen LogP contribution in [0.25, 0.3) is 0 Å². The fourth-order valence-electron chi connectivity index (χ4n) is 7.61. The quantitative estimate of drug-likeness (QED) is 0.250. The molecule has 8 heteroatoms. The Morgan fingerprint density at radius 2 is 1.78 bits per heavy atom. The van der Waals surface area contributed by atoms with Gasteiger partial charge in [0.05, 0.1) is 16.6 Å². The summed E-state index contributed by atoms with van der Waals surface area (Å²) in [6, 6.07) is 5.33. The van der Waals surface area contributed by atoms with E-state index >= 15 is 0 Å². The van der Waals surface area contributed by atoms with Gasteiger partial charge in [0, 0.05) is 43.2 Å². The highest BCUT2D eigenvalue weighted by molar-refractivity contribution is 8.02. The molecule has 0 saturated carbocycles. The molecule has 3 aliphatic heterocycles. The van der Waals surface area contributed by atoms with E-state index < -0.39 is 27.4 Å². The first-order valence-electron chi connectivity index (χ1n) is 15.1. The monoisotopic (exact) mass is 581 g/mol. The van der Waals surface area contributed by atoms with E-state index in [1.54, 1.807) is 33.7 Å². The lowest BCUT2D eigenvalue weighted by Crippen LogP contribution is -2.55. The molecule has 3 fully saturated rings. The van der Waals surface area contributed by atoms with Crippen LogP contribution in [-0.4, -0.2) is 80.9 Å². The highest BCUT2D eigenvalue weighted by atomic mass is 32.2. The van der Waals surface area contributed by atoms with Gasteiger partial charge in [0.15, 0.2) is 0 Å². The van der Waals surface area contributed by atoms with Crippen molar-refractivity contribution in [2.45, 2.75) is 81.8 Å². The van der Waals surface area contributed by atoms with E-state index in [2.05, 4.69) is 20.1 Å². The Morgan fingerprint density at radius 3 is 2.39 bits per heavy atom. The van der Waals surface area contributed by atoms with Crippen LogP contribution in [0.3, 0.4) is 0 Å². The predicted molar refractivity (Wildman–Crippen MR) is 167 cm³/mol. The number of unbranched alkanes of at least 4 members (excludes halogenated alkanes) is 2. The zero-order valence-electron chi connectivity index (χ0n) is 25.2. The van der Waals surface area contributed by atoms with Crippen LogP contribution in [0.1, 0.15) is 63.5 Å². The fourth-order valence-corrected chi connectivity index (χ4v) is 9.95. The average Bonchev–Trinajstić information content (AvgIpc) is 3.50. The first-order chi connectivity index (χ1) is 19.6. The van der Waals surface area contributed by atoms with E-state index in [-0.39, 0.29) is 24.3 Å². The molecule has 1 N–H and O–H groups in total. The number of aliphatic hydroxyl groups is 1. The van der Waals surface area contributed by atoms with Gasteiger partial charge in [0.25, 0.3) is 5.91 Å². The summed E-state index contributed by atoms with van der Waals surface area (Å²) in [5.41, 5.74) is 2.86. The van der Waals surface area contributed by atoms with Crippen LogP contribution in [0.4, 0.5) is 5.69 Å². The Morgan fingerprint density at radius 1 is 1.10 bits per heavy atom. The number of hydrogen-bond acceptors (Lipinski definition) is 5. The number of carbonyl (C=O) groups is 3. The molecule has 1 aromatic carbocycles. The van der Waals surface area contributed by atoms with Crippen molar-refractivity contribution in [3.63, 3.8) is 0 Å². The molecule has 1 spiro atoms. The number of benzene rings is 1. The maximum absolute atomic E-state index is 14.9. The maximum atomic E-state index is 14.9. The minimum Gasteiger partial charge on any atom is -0.396 e. The Balaban J connectivity index is 1.80. The van der Waals surface area contributed by atoms with Crippen molar-refractivity contribution >= 4 is 35.2 Å². The van der Waals surface area contributed by atoms with E-state index in [4.69, 9.17) is 0 Å². The molecule has 0 aromatic heterocycles. The molecule has 224 valence electrons. The van der Waals surface area contributed by atoms with E-state index in [1.165, 1.54) is 0 Å². The Kier molecular flexibility index (Phi) is 9.74. The third-order valence-electron chi connectivity index (χ3n) is 9.28. The van der Waals surface area contributed by atoms with Gasteiger partial charge in [-0.2, -0.15) is 0 Å².